The predicted octanol–water partition coefficient (Wildman–Crippen LogP) is 8.97. The number of aliphatic hydroxyl groups excluding tert-OH is 1. The van der Waals surface area contributed by atoms with E-state index in [0.717, 1.165) is 96.3 Å². The highest BCUT2D eigenvalue weighted by atomic mass is 16.7. The summed E-state index contributed by atoms with van der Waals surface area (Å²) in [5.74, 6) is -1.90. The number of aliphatic carboxylic acids is 1. The van der Waals surface area contributed by atoms with Crippen LogP contribution >= 0.6 is 0 Å². The normalized spacial score (nSPS) is 14.3. The molecule has 0 aliphatic carbocycles. The van der Waals surface area contributed by atoms with Gasteiger partial charge in [0, 0.05) is 6.42 Å². The van der Waals surface area contributed by atoms with Gasteiger partial charge in [-0.1, -0.05) is 136 Å². The van der Waals surface area contributed by atoms with E-state index in [1.807, 2.05) is 21.1 Å². The Balaban J connectivity index is 3.69. The number of carboxylic acid groups (broad SMARTS) is 1. The number of carboxylic acids is 1. The first-order chi connectivity index (χ1) is 26.2. The minimum absolute atomic E-state index is 0.161. The molecular weight excluding hydrogens is 679 g/mol. The Labute approximate surface area is 328 Å². The number of hydrogen-bond acceptors (Lipinski definition) is 7. The number of unbranched alkanes of at least 4 members (excludes halogenated alkanes) is 5. The second kappa shape index (κ2) is 37.7. The topological polar surface area (TPSA) is 105 Å². The molecule has 2 atom stereocenters. The van der Waals surface area contributed by atoms with Crippen LogP contribution in [0.4, 0.5) is 0 Å². The third kappa shape index (κ3) is 39.6. The van der Waals surface area contributed by atoms with Crippen molar-refractivity contribution in [1.29, 1.82) is 0 Å². The maximum atomic E-state index is 12.0. The molecular formula is C46H73NO7. The molecule has 0 saturated heterocycles. The van der Waals surface area contributed by atoms with E-state index in [-0.39, 0.29) is 32.2 Å². The van der Waals surface area contributed by atoms with E-state index in [1.54, 1.807) is 0 Å². The lowest BCUT2D eigenvalue weighted by Crippen LogP contribution is -2.44. The Kier molecular flexibility index (Phi) is 35.3. The number of ether oxygens (including phenoxy) is 3. The van der Waals surface area contributed by atoms with Crippen LogP contribution in [0.3, 0.4) is 0 Å². The standard InChI is InChI=1S/C46H73NO7/c1-5-6-7-8-9-10-11-12-13-14-15-16-17-18-19-20-21-22-23-24-25-26-27-28-29-30-31-32-33-34-35-36-37-38-44(49)53-41-43(48)42-54-46(45(50)51)52-40-39-47(2,3)4/h6-7,9-10,12-13,15-16,18-19,21-22,24-25,27-28,30-31,43,46,48H,5,8,11,14,17,20,23,26,29,32-42H2,1-4H3/b7-6-,10-9-,13-12-,16-15-,19-18-,22-21-,25-24-,28-27-,31-30-. The fourth-order valence-electron chi connectivity index (χ4n) is 4.64. The van der Waals surface area contributed by atoms with E-state index >= 15 is 0 Å². The van der Waals surface area contributed by atoms with E-state index in [2.05, 4.69) is 116 Å². The fraction of sp³-hybridized carbons (Fsp3) is 0.565. The third-order valence-corrected chi connectivity index (χ3v) is 7.77. The average Bonchev–Trinajstić information content (AvgIpc) is 3.13. The van der Waals surface area contributed by atoms with Gasteiger partial charge in [0.25, 0.3) is 0 Å². The van der Waals surface area contributed by atoms with Crippen LogP contribution in [0.15, 0.2) is 109 Å². The van der Waals surface area contributed by atoms with Crippen LogP contribution in [0.1, 0.15) is 110 Å². The maximum Gasteiger partial charge on any atom is 0.305 e. The summed E-state index contributed by atoms with van der Waals surface area (Å²) in [6.07, 6.45) is 52.5. The van der Waals surface area contributed by atoms with Gasteiger partial charge in [-0.2, -0.15) is 0 Å². The van der Waals surface area contributed by atoms with Crippen molar-refractivity contribution in [3.8, 4) is 0 Å². The summed E-state index contributed by atoms with van der Waals surface area (Å²) in [4.78, 5) is 23.2. The molecule has 0 aliphatic rings. The molecule has 8 heteroatoms. The Hall–Kier alpha value is -3.56. The van der Waals surface area contributed by atoms with Crippen molar-refractivity contribution < 1.29 is 38.5 Å². The van der Waals surface area contributed by atoms with Crippen molar-refractivity contribution in [3.05, 3.63) is 109 Å². The zero-order valence-electron chi connectivity index (χ0n) is 34.0. The summed E-state index contributed by atoms with van der Waals surface area (Å²) in [5, 5.41) is 21.2. The molecule has 0 aromatic heterocycles. The van der Waals surface area contributed by atoms with Crippen molar-refractivity contribution in [1.82, 2.24) is 0 Å². The molecule has 304 valence electrons. The molecule has 0 rings (SSSR count). The van der Waals surface area contributed by atoms with Crippen LogP contribution in [0.25, 0.3) is 0 Å². The van der Waals surface area contributed by atoms with Crippen LogP contribution in [-0.4, -0.2) is 81.4 Å². The molecule has 0 bridgehead atoms. The van der Waals surface area contributed by atoms with Gasteiger partial charge < -0.3 is 33.7 Å². The number of esters is 1. The number of allylic oxidation sites excluding steroid dienone is 18. The first-order valence-corrected chi connectivity index (χ1v) is 20.1. The predicted molar refractivity (Wildman–Crippen MR) is 222 cm³/mol. The van der Waals surface area contributed by atoms with Gasteiger partial charge in [0.15, 0.2) is 6.29 Å². The van der Waals surface area contributed by atoms with Gasteiger partial charge in [0.1, 0.15) is 19.3 Å². The summed E-state index contributed by atoms with van der Waals surface area (Å²) in [6, 6.07) is 0. The van der Waals surface area contributed by atoms with E-state index in [1.165, 1.54) is 0 Å². The first-order valence-electron chi connectivity index (χ1n) is 20.1. The molecule has 0 saturated carbocycles. The second-order valence-corrected chi connectivity index (χ2v) is 14.0. The van der Waals surface area contributed by atoms with Crippen molar-refractivity contribution in [2.45, 2.75) is 122 Å². The number of aliphatic hydroxyl groups is 1. The van der Waals surface area contributed by atoms with E-state index in [0.29, 0.717) is 11.0 Å². The third-order valence-electron chi connectivity index (χ3n) is 7.77. The number of hydrogen-bond donors (Lipinski definition) is 1. The Bertz CT molecular complexity index is 1180. The van der Waals surface area contributed by atoms with Gasteiger partial charge in [-0.25, -0.2) is 0 Å². The highest BCUT2D eigenvalue weighted by Crippen LogP contribution is 2.09. The van der Waals surface area contributed by atoms with E-state index in [9.17, 15) is 19.8 Å². The number of carbonyl (C=O) groups is 2. The van der Waals surface area contributed by atoms with Crippen LogP contribution in [0, 0.1) is 0 Å². The highest BCUT2D eigenvalue weighted by Gasteiger charge is 2.17. The summed E-state index contributed by atoms with van der Waals surface area (Å²) in [7, 11) is 5.85. The molecule has 0 spiro atoms. The van der Waals surface area contributed by atoms with Crippen molar-refractivity contribution in [2.24, 2.45) is 0 Å². The lowest BCUT2D eigenvalue weighted by atomic mass is 10.1. The molecule has 0 aromatic carbocycles. The van der Waals surface area contributed by atoms with Gasteiger partial charge in [0.05, 0.1) is 40.3 Å². The summed E-state index contributed by atoms with van der Waals surface area (Å²) in [5.41, 5.74) is 0. The Morgan fingerprint density at radius 1 is 0.574 bits per heavy atom. The fourth-order valence-corrected chi connectivity index (χ4v) is 4.64. The lowest BCUT2D eigenvalue weighted by molar-refractivity contribution is -0.870. The van der Waals surface area contributed by atoms with E-state index in [4.69, 9.17) is 14.2 Å². The molecule has 0 aliphatic heterocycles. The summed E-state index contributed by atoms with van der Waals surface area (Å²) >= 11 is 0. The minimum atomic E-state index is -1.59. The molecule has 0 radical (unpaired) electrons. The zero-order chi connectivity index (χ0) is 39.8. The van der Waals surface area contributed by atoms with Gasteiger partial charge in [-0.3, -0.25) is 4.79 Å². The van der Waals surface area contributed by atoms with Crippen LogP contribution < -0.4 is 5.11 Å². The maximum absolute atomic E-state index is 12.0. The number of nitrogens with zero attached hydrogens (tertiary/aromatic N) is 1. The second-order valence-electron chi connectivity index (χ2n) is 14.0. The first kappa shape index (κ1) is 50.4. The molecule has 0 aromatic rings. The molecule has 0 fully saturated rings. The smallest absolute Gasteiger partial charge is 0.305 e. The summed E-state index contributed by atoms with van der Waals surface area (Å²) in [6.45, 7) is 2.29. The molecule has 54 heavy (non-hydrogen) atoms. The van der Waals surface area contributed by atoms with Crippen LogP contribution in [0.2, 0.25) is 0 Å². The highest BCUT2D eigenvalue weighted by molar-refractivity contribution is 5.69. The molecule has 8 nitrogen and oxygen atoms in total. The molecule has 0 amide bonds. The average molecular weight is 752 g/mol. The van der Waals surface area contributed by atoms with Gasteiger partial charge >= 0.3 is 5.97 Å². The van der Waals surface area contributed by atoms with Crippen LogP contribution in [0.5, 0.6) is 0 Å². The number of quaternary nitrogens is 1. The number of carbonyl (C=O) groups excluding carboxylic acids is 2. The van der Waals surface area contributed by atoms with Crippen LogP contribution in [-0.2, 0) is 23.8 Å². The SMILES string of the molecule is CC/C=C\C/C=C\C/C=C\C/C=C\C/C=C\C/C=C\C/C=C\C/C=C\C/C=C\CCCCCCCC(=O)OCC(O)COC(OCC[N+](C)(C)C)C(=O)[O-]. The molecule has 1 N–H and O–H groups in total. The number of rotatable bonds is 35. The van der Waals surface area contributed by atoms with Gasteiger partial charge in [-0.15, -0.1) is 0 Å². The summed E-state index contributed by atoms with van der Waals surface area (Å²) < 4.78 is 16.0. The van der Waals surface area contributed by atoms with E-state index < -0.39 is 18.4 Å². The monoisotopic (exact) mass is 752 g/mol. The van der Waals surface area contributed by atoms with Crippen molar-refractivity contribution in [3.63, 3.8) is 0 Å². The van der Waals surface area contributed by atoms with Crippen molar-refractivity contribution >= 4 is 11.9 Å². The Morgan fingerprint density at radius 3 is 1.41 bits per heavy atom. The molecule has 0 heterocycles. The molecule has 2 unspecified atom stereocenters. The van der Waals surface area contributed by atoms with Gasteiger partial charge in [-0.05, 0) is 77.0 Å². The van der Waals surface area contributed by atoms with Gasteiger partial charge in [0.2, 0.25) is 0 Å². The van der Waals surface area contributed by atoms with Crippen molar-refractivity contribution in [2.75, 3.05) is 47.5 Å². The lowest BCUT2D eigenvalue weighted by Gasteiger charge is -2.26. The quantitative estimate of drug-likeness (QED) is 0.0227. The number of likely N-dealkylation sites (N-methyl/N-ethyl adjacent to an activating group) is 1. The zero-order valence-corrected chi connectivity index (χ0v) is 34.0. The Morgan fingerprint density at radius 2 is 0.981 bits per heavy atom. The minimum Gasteiger partial charge on any atom is -0.545 e. The largest absolute Gasteiger partial charge is 0.545 e.